The number of rotatable bonds is 4. The van der Waals surface area contributed by atoms with E-state index in [-0.39, 0.29) is 5.84 Å². The van der Waals surface area contributed by atoms with E-state index in [4.69, 9.17) is 11.1 Å². The lowest BCUT2D eigenvalue weighted by Gasteiger charge is -2.32. The molecule has 2 rings (SSSR count). The van der Waals surface area contributed by atoms with E-state index < -0.39 is 0 Å². The van der Waals surface area contributed by atoms with Crippen LogP contribution >= 0.6 is 0 Å². The Balaban J connectivity index is 2.04. The van der Waals surface area contributed by atoms with Gasteiger partial charge in [-0.3, -0.25) is 10.3 Å². The van der Waals surface area contributed by atoms with Crippen LogP contribution in [0.5, 0.6) is 0 Å². The van der Waals surface area contributed by atoms with Crippen molar-refractivity contribution >= 4 is 5.84 Å². The topological polar surface area (TPSA) is 53.1 Å². The molecule has 3 N–H and O–H groups in total. The van der Waals surface area contributed by atoms with Crippen LogP contribution in [0.25, 0.3) is 0 Å². The van der Waals surface area contributed by atoms with Gasteiger partial charge in [0, 0.05) is 18.7 Å². The fraction of sp³-hybridized carbons (Fsp3) is 0.562. The second-order valence-corrected chi connectivity index (χ2v) is 5.71. The monoisotopic (exact) mass is 259 g/mol. The number of benzene rings is 1. The second-order valence-electron chi connectivity index (χ2n) is 5.71. The SMILES string of the molecule is CCC1CCCN(Cc2ccc(C(=N)N)cc2C)C1. The third-order valence-corrected chi connectivity index (χ3v) is 4.23. The average Bonchev–Trinajstić information content (AvgIpc) is 2.41. The Morgan fingerprint density at radius 1 is 1.47 bits per heavy atom. The molecule has 3 heteroatoms. The summed E-state index contributed by atoms with van der Waals surface area (Å²) in [6, 6.07) is 6.12. The third-order valence-electron chi connectivity index (χ3n) is 4.23. The zero-order valence-electron chi connectivity index (χ0n) is 12.1. The van der Waals surface area contributed by atoms with E-state index in [1.165, 1.54) is 43.5 Å². The standard InChI is InChI=1S/C16H25N3/c1-3-13-5-4-8-19(10-13)11-15-7-6-14(16(17)18)9-12(15)2/h6-7,9,13H,3-5,8,10-11H2,1-2H3,(H3,17,18). The van der Waals surface area contributed by atoms with Crippen LogP contribution < -0.4 is 5.73 Å². The van der Waals surface area contributed by atoms with Crippen LogP contribution in [0.3, 0.4) is 0 Å². The van der Waals surface area contributed by atoms with Gasteiger partial charge in [0.1, 0.15) is 5.84 Å². The van der Waals surface area contributed by atoms with E-state index >= 15 is 0 Å². The molecule has 1 aromatic rings. The minimum atomic E-state index is 0.152. The molecule has 0 bridgehead atoms. The Morgan fingerprint density at radius 2 is 2.26 bits per heavy atom. The molecule has 1 aliphatic heterocycles. The van der Waals surface area contributed by atoms with Gasteiger partial charge in [0.2, 0.25) is 0 Å². The molecule has 0 radical (unpaired) electrons. The third kappa shape index (κ3) is 3.57. The van der Waals surface area contributed by atoms with Crippen LogP contribution in [0.2, 0.25) is 0 Å². The van der Waals surface area contributed by atoms with E-state index in [2.05, 4.69) is 24.8 Å². The van der Waals surface area contributed by atoms with Crippen molar-refractivity contribution in [2.75, 3.05) is 13.1 Å². The van der Waals surface area contributed by atoms with Gasteiger partial charge in [0.15, 0.2) is 0 Å². The lowest BCUT2D eigenvalue weighted by Crippen LogP contribution is -2.34. The zero-order valence-corrected chi connectivity index (χ0v) is 12.1. The number of nitrogens with one attached hydrogen (secondary N) is 1. The molecule has 19 heavy (non-hydrogen) atoms. The highest BCUT2D eigenvalue weighted by Crippen LogP contribution is 2.22. The minimum Gasteiger partial charge on any atom is -0.384 e. The maximum atomic E-state index is 7.47. The summed E-state index contributed by atoms with van der Waals surface area (Å²) in [5.74, 6) is 1.02. The number of piperidine rings is 1. The number of nitrogen functional groups attached to an aromatic ring is 1. The number of likely N-dealkylation sites (tertiary alicyclic amines) is 1. The maximum absolute atomic E-state index is 7.47. The summed E-state index contributed by atoms with van der Waals surface area (Å²) in [5.41, 5.74) is 8.96. The van der Waals surface area contributed by atoms with Gasteiger partial charge in [-0.1, -0.05) is 25.5 Å². The fourth-order valence-electron chi connectivity index (χ4n) is 2.91. The Morgan fingerprint density at radius 3 is 2.89 bits per heavy atom. The molecule has 3 nitrogen and oxygen atoms in total. The predicted octanol–water partition coefficient (Wildman–Crippen LogP) is 2.90. The molecule has 1 atom stereocenters. The molecule has 1 saturated heterocycles. The fourth-order valence-corrected chi connectivity index (χ4v) is 2.91. The smallest absolute Gasteiger partial charge is 0.122 e. The summed E-state index contributed by atoms with van der Waals surface area (Å²) in [7, 11) is 0. The van der Waals surface area contributed by atoms with E-state index in [9.17, 15) is 0 Å². The molecule has 0 amide bonds. The molecule has 1 aliphatic rings. The van der Waals surface area contributed by atoms with E-state index in [1.807, 2.05) is 12.1 Å². The molecule has 0 spiro atoms. The Bertz CT molecular complexity index is 453. The Kier molecular flexibility index (Phi) is 4.59. The lowest BCUT2D eigenvalue weighted by molar-refractivity contribution is 0.164. The van der Waals surface area contributed by atoms with Crippen LogP contribution in [0.15, 0.2) is 18.2 Å². The number of aryl methyl sites for hydroxylation is 1. The normalized spacial score (nSPS) is 20.4. The zero-order chi connectivity index (χ0) is 13.8. The van der Waals surface area contributed by atoms with Gasteiger partial charge < -0.3 is 5.73 Å². The number of nitrogens with zero attached hydrogens (tertiary/aromatic N) is 1. The summed E-state index contributed by atoms with van der Waals surface area (Å²) in [6.07, 6.45) is 4.00. The summed E-state index contributed by atoms with van der Waals surface area (Å²) in [5, 5.41) is 7.47. The van der Waals surface area contributed by atoms with Crippen molar-refractivity contribution < 1.29 is 0 Å². The molecule has 104 valence electrons. The van der Waals surface area contributed by atoms with Crippen molar-refractivity contribution in [3.63, 3.8) is 0 Å². The molecule has 0 aromatic heterocycles. The quantitative estimate of drug-likeness (QED) is 0.645. The first-order valence-electron chi connectivity index (χ1n) is 7.26. The molecule has 1 unspecified atom stereocenters. The first-order valence-corrected chi connectivity index (χ1v) is 7.26. The Labute approximate surface area is 116 Å². The number of nitrogens with two attached hydrogens (primary N) is 1. The van der Waals surface area contributed by atoms with Crippen molar-refractivity contribution in [1.82, 2.24) is 4.90 Å². The van der Waals surface area contributed by atoms with Crippen LogP contribution in [0, 0.1) is 18.3 Å². The van der Waals surface area contributed by atoms with Crippen LogP contribution in [0.1, 0.15) is 42.9 Å². The number of amidine groups is 1. The van der Waals surface area contributed by atoms with Gasteiger partial charge in [0.05, 0.1) is 0 Å². The first-order chi connectivity index (χ1) is 9.10. The number of hydrogen-bond acceptors (Lipinski definition) is 2. The summed E-state index contributed by atoms with van der Waals surface area (Å²) < 4.78 is 0. The molecule has 0 aliphatic carbocycles. The summed E-state index contributed by atoms with van der Waals surface area (Å²) in [4.78, 5) is 2.56. The average molecular weight is 259 g/mol. The molecular weight excluding hydrogens is 234 g/mol. The van der Waals surface area contributed by atoms with Gasteiger partial charge in [-0.2, -0.15) is 0 Å². The van der Waals surface area contributed by atoms with Crippen LogP contribution in [0.4, 0.5) is 0 Å². The highest BCUT2D eigenvalue weighted by atomic mass is 15.1. The predicted molar refractivity (Wildman–Crippen MR) is 80.5 cm³/mol. The molecule has 1 fully saturated rings. The molecule has 1 heterocycles. The highest BCUT2D eigenvalue weighted by Gasteiger charge is 2.18. The highest BCUT2D eigenvalue weighted by molar-refractivity contribution is 5.95. The van der Waals surface area contributed by atoms with E-state index in [0.717, 1.165) is 18.0 Å². The van der Waals surface area contributed by atoms with Gasteiger partial charge >= 0.3 is 0 Å². The van der Waals surface area contributed by atoms with Gasteiger partial charge in [-0.15, -0.1) is 0 Å². The van der Waals surface area contributed by atoms with Gasteiger partial charge in [-0.25, -0.2) is 0 Å². The van der Waals surface area contributed by atoms with Crippen LogP contribution in [-0.4, -0.2) is 23.8 Å². The van der Waals surface area contributed by atoms with Crippen molar-refractivity contribution in [2.45, 2.75) is 39.7 Å². The van der Waals surface area contributed by atoms with E-state index in [0.29, 0.717) is 0 Å². The molecular formula is C16H25N3. The molecule has 0 saturated carbocycles. The maximum Gasteiger partial charge on any atom is 0.122 e. The Hall–Kier alpha value is -1.35. The van der Waals surface area contributed by atoms with Crippen molar-refractivity contribution in [3.8, 4) is 0 Å². The summed E-state index contributed by atoms with van der Waals surface area (Å²) in [6.45, 7) is 7.87. The summed E-state index contributed by atoms with van der Waals surface area (Å²) >= 11 is 0. The number of hydrogen-bond donors (Lipinski definition) is 2. The van der Waals surface area contributed by atoms with Gasteiger partial charge in [-0.05, 0) is 49.4 Å². The van der Waals surface area contributed by atoms with Crippen molar-refractivity contribution in [1.29, 1.82) is 5.41 Å². The van der Waals surface area contributed by atoms with Crippen molar-refractivity contribution in [2.24, 2.45) is 11.7 Å². The minimum absolute atomic E-state index is 0.152. The molecule has 1 aromatic carbocycles. The van der Waals surface area contributed by atoms with Crippen LogP contribution in [-0.2, 0) is 6.54 Å². The first kappa shape index (κ1) is 14.1. The van der Waals surface area contributed by atoms with E-state index in [1.54, 1.807) is 0 Å². The largest absolute Gasteiger partial charge is 0.384 e. The second kappa shape index (κ2) is 6.20. The van der Waals surface area contributed by atoms with Crippen molar-refractivity contribution in [3.05, 3.63) is 34.9 Å². The lowest BCUT2D eigenvalue weighted by atomic mass is 9.95. The van der Waals surface area contributed by atoms with Gasteiger partial charge in [0.25, 0.3) is 0 Å².